The molecule has 0 aliphatic rings. The number of aliphatic carboxylic acids is 2. The molecule has 4 N–H and O–H groups in total. The Morgan fingerprint density at radius 1 is 0.759 bits per heavy atom. The fraction of sp³-hybridized carbons (Fsp3) is 0.382. The SMILES string of the molecule is COc1cc(F)c(C(C)C)cc1-c1ccc(C(F)(F)F)cc1C[NH2+][C@@H](C)[C@H](OC(=O)O[C@@H](CC(=O)O)C(=O)O)c1cc(C(F)(F)F)cc(C(F)(F)F)c1.[Cl-]. The maximum absolute atomic E-state index is 14.8. The van der Waals surface area contributed by atoms with Gasteiger partial charge in [-0.2, -0.15) is 39.5 Å². The molecule has 0 saturated carbocycles. The van der Waals surface area contributed by atoms with Gasteiger partial charge in [0.2, 0.25) is 6.10 Å². The summed E-state index contributed by atoms with van der Waals surface area (Å²) >= 11 is 0. The highest BCUT2D eigenvalue weighted by Crippen LogP contribution is 2.40. The molecule has 3 rings (SSSR count). The molecule has 0 heterocycles. The third-order valence-electron chi connectivity index (χ3n) is 7.89. The lowest BCUT2D eigenvalue weighted by molar-refractivity contribution is -0.708. The third-order valence-corrected chi connectivity index (χ3v) is 7.89. The van der Waals surface area contributed by atoms with E-state index in [0.29, 0.717) is 0 Å². The van der Waals surface area contributed by atoms with Crippen LogP contribution in [0.4, 0.5) is 48.7 Å². The largest absolute Gasteiger partial charge is 1.00 e. The normalized spacial score (nSPS) is 13.8. The molecule has 0 aromatic heterocycles. The van der Waals surface area contributed by atoms with Gasteiger partial charge in [-0.15, -0.1) is 0 Å². The molecule has 0 spiro atoms. The Labute approximate surface area is 306 Å². The van der Waals surface area contributed by atoms with Crippen molar-refractivity contribution in [2.75, 3.05) is 7.11 Å². The first-order chi connectivity index (χ1) is 24.3. The summed E-state index contributed by atoms with van der Waals surface area (Å²) in [6.07, 6.45) is -23.4. The second-order valence-electron chi connectivity index (χ2n) is 12.1. The minimum Gasteiger partial charge on any atom is -1.00 e. The van der Waals surface area contributed by atoms with Gasteiger partial charge in [0, 0.05) is 17.2 Å². The van der Waals surface area contributed by atoms with E-state index in [1.165, 1.54) is 13.2 Å². The molecule has 9 nitrogen and oxygen atoms in total. The molecule has 3 atom stereocenters. The van der Waals surface area contributed by atoms with E-state index in [1.807, 2.05) is 0 Å². The van der Waals surface area contributed by atoms with Crippen LogP contribution in [0.3, 0.4) is 0 Å². The van der Waals surface area contributed by atoms with Crippen molar-refractivity contribution in [3.8, 4) is 16.9 Å². The van der Waals surface area contributed by atoms with Crippen molar-refractivity contribution in [2.45, 2.75) is 76.4 Å². The Bertz CT molecular complexity index is 1800. The zero-order chi connectivity index (χ0) is 40.2. The molecule has 0 fully saturated rings. The minimum absolute atomic E-state index is 0. The maximum Gasteiger partial charge on any atom is 0.509 e. The van der Waals surface area contributed by atoms with Gasteiger partial charge < -0.3 is 42.1 Å². The van der Waals surface area contributed by atoms with Crippen LogP contribution >= 0.6 is 0 Å². The van der Waals surface area contributed by atoms with Gasteiger partial charge in [0.05, 0.1) is 30.2 Å². The number of carboxylic acid groups (broad SMARTS) is 2. The summed E-state index contributed by atoms with van der Waals surface area (Å²) < 4.78 is 154. The number of ether oxygens (including phenoxy) is 3. The van der Waals surface area contributed by atoms with Crippen LogP contribution in [0.5, 0.6) is 5.75 Å². The van der Waals surface area contributed by atoms with Crippen LogP contribution < -0.4 is 22.5 Å². The van der Waals surface area contributed by atoms with Crippen LogP contribution in [-0.2, 0) is 44.1 Å². The molecule has 0 unspecified atom stereocenters. The molecule has 0 radical (unpaired) electrons. The van der Waals surface area contributed by atoms with E-state index in [2.05, 4.69) is 4.74 Å². The van der Waals surface area contributed by atoms with Crippen LogP contribution in [0.25, 0.3) is 11.1 Å². The first kappa shape index (κ1) is 45.4. The van der Waals surface area contributed by atoms with Gasteiger partial charge in [-0.3, -0.25) is 4.79 Å². The average Bonchev–Trinajstić information content (AvgIpc) is 3.03. The number of hydrogen-bond acceptors (Lipinski definition) is 6. The zero-order valence-corrected chi connectivity index (χ0v) is 29.2. The highest BCUT2D eigenvalue weighted by atomic mass is 35.5. The summed E-state index contributed by atoms with van der Waals surface area (Å²) in [5.74, 6) is -4.89. The topological polar surface area (TPSA) is 136 Å². The van der Waals surface area contributed by atoms with Crippen LogP contribution in [0.15, 0.2) is 48.5 Å². The number of nitrogens with two attached hydrogens (primary N) is 1. The van der Waals surface area contributed by atoms with Gasteiger partial charge in [-0.05, 0) is 65.9 Å². The van der Waals surface area contributed by atoms with Gasteiger partial charge in [0.15, 0.2) is 6.10 Å². The number of carbonyl (C=O) groups is 3. The second kappa shape index (κ2) is 17.6. The van der Waals surface area contributed by atoms with E-state index in [-0.39, 0.29) is 58.6 Å². The van der Waals surface area contributed by atoms with Crippen molar-refractivity contribution in [2.24, 2.45) is 0 Å². The number of hydrogen-bond donors (Lipinski definition) is 3. The Hall–Kier alpha value is -4.78. The lowest BCUT2D eigenvalue weighted by Crippen LogP contribution is -3.00. The Balaban J connectivity index is 0.0000101. The van der Waals surface area contributed by atoms with Crippen molar-refractivity contribution in [3.05, 3.63) is 87.7 Å². The van der Waals surface area contributed by atoms with E-state index in [1.54, 1.807) is 13.8 Å². The maximum atomic E-state index is 14.8. The van der Waals surface area contributed by atoms with E-state index in [4.69, 9.17) is 14.6 Å². The first-order valence-corrected chi connectivity index (χ1v) is 15.4. The molecule has 0 amide bonds. The number of halogens is 11. The van der Waals surface area contributed by atoms with Crippen molar-refractivity contribution in [1.82, 2.24) is 0 Å². The predicted molar refractivity (Wildman–Crippen MR) is 163 cm³/mol. The molecule has 0 aliphatic heterocycles. The number of rotatable bonds is 13. The molecule has 0 saturated heterocycles. The average molecular weight is 808 g/mol. The standard InChI is InChI=1S/C34H31F10NO8.ClH/c1-15(2)23-11-24(26(51-4)12-25(23)35)22-6-5-19(32(36,37)38)9-18(22)14-45-16(3)29(53-31(50)52-27(30(48)49)13-28(46)47)17-7-20(33(39,40)41)10-21(8-17)34(42,43)44;/h5-12,15-16,27,29,45H,13-14H2,1-4H3,(H,46,47)(H,48,49);1H/t16-,27-,29-;/m0./s1. The predicted octanol–water partition coefficient (Wildman–Crippen LogP) is 4.96. The summed E-state index contributed by atoms with van der Waals surface area (Å²) in [6.45, 7) is 3.91. The molecular weight excluding hydrogens is 776 g/mol. The lowest BCUT2D eigenvalue weighted by atomic mass is 9.92. The van der Waals surface area contributed by atoms with Gasteiger partial charge in [0.1, 0.15) is 24.2 Å². The fourth-order valence-electron chi connectivity index (χ4n) is 5.24. The molecule has 20 heteroatoms. The van der Waals surface area contributed by atoms with Gasteiger partial charge in [-0.1, -0.05) is 19.9 Å². The van der Waals surface area contributed by atoms with Crippen molar-refractivity contribution in [1.29, 1.82) is 0 Å². The Kier molecular flexibility index (Phi) is 14.8. The number of benzene rings is 3. The van der Waals surface area contributed by atoms with Gasteiger partial charge >= 0.3 is 36.6 Å². The van der Waals surface area contributed by atoms with Crippen molar-refractivity contribution < 1.29 is 100 Å². The Morgan fingerprint density at radius 2 is 1.31 bits per heavy atom. The quantitative estimate of drug-likeness (QED) is 0.163. The van der Waals surface area contributed by atoms with E-state index in [9.17, 15) is 63.4 Å². The monoisotopic (exact) mass is 807 g/mol. The number of carbonyl (C=O) groups excluding carboxylic acids is 1. The van der Waals surface area contributed by atoms with Crippen molar-refractivity contribution in [3.63, 3.8) is 0 Å². The molecule has 54 heavy (non-hydrogen) atoms. The summed E-state index contributed by atoms with van der Waals surface area (Å²) in [4.78, 5) is 35.2. The molecule has 298 valence electrons. The van der Waals surface area contributed by atoms with Crippen LogP contribution in [0.1, 0.15) is 72.6 Å². The first-order valence-electron chi connectivity index (χ1n) is 15.4. The number of carboxylic acids is 2. The number of methoxy groups -OCH3 is 1. The van der Waals surface area contributed by atoms with Gasteiger partial charge in [0.25, 0.3) is 0 Å². The third kappa shape index (κ3) is 11.6. The molecule has 0 aliphatic carbocycles. The smallest absolute Gasteiger partial charge is 0.509 e. The minimum atomic E-state index is -5.36. The van der Waals surface area contributed by atoms with Crippen LogP contribution in [0.2, 0.25) is 0 Å². The molecule has 0 bridgehead atoms. The molecule has 3 aromatic carbocycles. The summed E-state index contributed by atoms with van der Waals surface area (Å²) in [5.41, 5.74) is -5.46. The number of alkyl halides is 9. The Morgan fingerprint density at radius 3 is 1.78 bits per heavy atom. The van der Waals surface area contributed by atoms with Gasteiger partial charge in [-0.25, -0.2) is 14.0 Å². The highest BCUT2D eigenvalue weighted by Gasteiger charge is 2.40. The van der Waals surface area contributed by atoms with E-state index >= 15 is 0 Å². The molecular formula is C34H32ClF10NO8. The van der Waals surface area contributed by atoms with Crippen LogP contribution in [-0.4, -0.2) is 47.6 Å². The highest BCUT2D eigenvalue weighted by molar-refractivity contribution is 5.81. The fourth-order valence-corrected chi connectivity index (χ4v) is 5.24. The second-order valence-corrected chi connectivity index (χ2v) is 12.1. The summed E-state index contributed by atoms with van der Waals surface area (Å²) in [7, 11) is 1.18. The van der Waals surface area contributed by atoms with E-state index < -0.39 is 102 Å². The number of quaternary nitrogens is 1. The van der Waals surface area contributed by atoms with Crippen molar-refractivity contribution >= 4 is 18.1 Å². The lowest BCUT2D eigenvalue weighted by Gasteiger charge is -2.26. The van der Waals surface area contributed by atoms with Crippen LogP contribution in [0, 0.1) is 5.82 Å². The zero-order valence-electron chi connectivity index (χ0n) is 28.4. The molecule has 3 aromatic rings. The van der Waals surface area contributed by atoms with E-state index in [0.717, 1.165) is 36.5 Å². The summed E-state index contributed by atoms with van der Waals surface area (Å²) in [6, 6.07) is 3.66. The summed E-state index contributed by atoms with van der Waals surface area (Å²) in [5, 5.41) is 19.3.